The number of imidazole rings is 1. The molecule has 0 spiro atoms. The largest absolute Gasteiger partial charge is 0.337 e. The average Bonchev–Trinajstić information content (AvgIpc) is 2.98. The molecule has 3 rings (SSSR count). The van der Waals surface area contributed by atoms with Gasteiger partial charge in [0, 0.05) is 6.54 Å². The van der Waals surface area contributed by atoms with Crippen molar-refractivity contribution < 1.29 is 4.79 Å². The van der Waals surface area contributed by atoms with Gasteiger partial charge < -0.3 is 9.88 Å². The van der Waals surface area contributed by atoms with Crippen LogP contribution in [0.15, 0.2) is 29.4 Å². The van der Waals surface area contributed by atoms with Crippen LogP contribution in [0.25, 0.3) is 11.0 Å². The number of nitrogens with one attached hydrogen (secondary N) is 1. The predicted octanol–water partition coefficient (Wildman–Crippen LogP) is 4.13. The van der Waals surface area contributed by atoms with Crippen molar-refractivity contribution in [3.63, 3.8) is 0 Å². The molecular weight excluding hydrogens is 344 g/mol. The lowest BCUT2D eigenvalue weighted by Gasteiger charge is -2.31. The van der Waals surface area contributed by atoms with Gasteiger partial charge in [-0.25, -0.2) is 4.98 Å². The molecule has 1 fully saturated rings. The van der Waals surface area contributed by atoms with Crippen LogP contribution >= 0.6 is 11.8 Å². The molecule has 1 heterocycles. The van der Waals surface area contributed by atoms with Gasteiger partial charge in [0.2, 0.25) is 5.91 Å². The van der Waals surface area contributed by atoms with Crippen molar-refractivity contribution in [2.75, 3.05) is 5.75 Å². The second kappa shape index (κ2) is 8.13. The molecular formula is C20H26N4OS. The minimum Gasteiger partial charge on any atom is -0.337 e. The highest BCUT2D eigenvalue weighted by Crippen LogP contribution is 2.29. The highest BCUT2D eigenvalue weighted by Gasteiger charge is 2.33. The van der Waals surface area contributed by atoms with E-state index in [0.717, 1.165) is 54.8 Å². The quantitative estimate of drug-likeness (QED) is 0.776. The summed E-state index contributed by atoms with van der Waals surface area (Å²) in [6.07, 6.45) is 4.67. The lowest BCUT2D eigenvalue weighted by molar-refractivity contribution is -0.120. The number of hydrogen-bond donors (Lipinski definition) is 1. The normalized spacial score (nSPS) is 16.5. The molecule has 2 aromatic rings. The van der Waals surface area contributed by atoms with Crippen LogP contribution in [0.4, 0.5) is 0 Å². The first kappa shape index (κ1) is 18.8. The molecule has 1 aliphatic carbocycles. The third kappa shape index (κ3) is 4.21. The Hall–Kier alpha value is -2.00. The highest BCUT2D eigenvalue weighted by molar-refractivity contribution is 7.99. The molecule has 1 aliphatic rings. The Labute approximate surface area is 159 Å². The van der Waals surface area contributed by atoms with E-state index in [4.69, 9.17) is 4.98 Å². The predicted molar refractivity (Wildman–Crippen MR) is 105 cm³/mol. The Morgan fingerprint density at radius 1 is 1.35 bits per heavy atom. The molecule has 5 nitrogen and oxygen atoms in total. The maximum absolute atomic E-state index is 12.5. The summed E-state index contributed by atoms with van der Waals surface area (Å²) in [6.45, 7) is 5.22. The molecule has 138 valence electrons. The van der Waals surface area contributed by atoms with Crippen LogP contribution in [0.2, 0.25) is 0 Å². The van der Waals surface area contributed by atoms with Crippen LogP contribution in [-0.2, 0) is 11.3 Å². The number of carbonyl (C=O) groups is 1. The minimum absolute atomic E-state index is 0.0818. The Morgan fingerprint density at radius 3 is 2.77 bits per heavy atom. The van der Waals surface area contributed by atoms with Gasteiger partial charge in [-0.3, -0.25) is 4.79 Å². The number of fused-ring (bicyclic) bond motifs is 1. The number of thioether (sulfide) groups is 1. The number of nitrogens with zero attached hydrogens (tertiary/aromatic N) is 3. The van der Waals surface area contributed by atoms with Crippen molar-refractivity contribution in [2.24, 2.45) is 5.92 Å². The molecule has 26 heavy (non-hydrogen) atoms. The van der Waals surface area contributed by atoms with E-state index in [1.54, 1.807) is 0 Å². The lowest BCUT2D eigenvalue weighted by Crippen LogP contribution is -2.49. The minimum atomic E-state index is -0.673. The fraction of sp³-hybridized carbons (Fsp3) is 0.550. The number of rotatable bonds is 6. The van der Waals surface area contributed by atoms with Gasteiger partial charge in [0.25, 0.3) is 0 Å². The first-order valence-corrected chi connectivity index (χ1v) is 10.3. The summed E-state index contributed by atoms with van der Waals surface area (Å²) in [5, 5.41) is 13.4. The first-order valence-electron chi connectivity index (χ1n) is 9.33. The number of aromatic nitrogens is 2. The Morgan fingerprint density at radius 2 is 2.08 bits per heavy atom. The topological polar surface area (TPSA) is 70.7 Å². The molecule has 1 aromatic heterocycles. The second-order valence-electron chi connectivity index (χ2n) is 7.48. The van der Waals surface area contributed by atoms with Gasteiger partial charge in [0.15, 0.2) is 5.16 Å². The zero-order chi connectivity index (χ0) is 18.6. The molecule has 1 saturated carbocycles. The van der Waals surface area contributed by atoms with Crippen molar-refractivity contribution in [1.29, 1.82) is 5.26 Å². The highest BCUT2D eigenvalue weighted by atomic mass is 32.2. The van der Waals surface area contributed by atoms with E-state index in [9.17, 15) is 10.1 Å². The third-order valence-corrected chi connectivity index (χ3v) is 5.78. The van der Waals surface area contributed by atoms with E-state index in [-0.39, 0.29) is 11.7 Å². The van der Waals surface area contributed by atoms with E-state index in [1.165, 1.54) is 11.8 Å². The molecule has 0 radical (unpaired) electrons. The Balaban J connectivity index is 1.71. The van der Waals surface area contributed by atoms with E-state index >= 15 is 0 Å². The van der Waals surface area contributed by atoms with Crippen LogP contribution in [0.1, 0.15) is 46.0 Å². The molecule has 1 amide bonds. The summed E-state index contributed by atoms with van der Waals surface area (Å²) in [5.74, 6) is 0.691. The second-order valence-corrected chi connectivity index (χ2v) is 8.42. The van der Waals surface area contributed by atoms with Gasteiger partial charge in [0.1, 0.15) is 5.54 Å². The van der Waals surface area contributed by atoms with Gasteiger partial charge in [-0.1, -0.05) is 57.0 Å². The lowest BCUT2D eigenvalue weighted by atomic mass is 9.83. The number of benzene rings is 1. The number of para-hydroxylation sites is 2. The van der Waals surface area contributed by atoms with Gasteiger partial charge >= 0.3 is 0 Å². The fourth-order valence-electron chi connectivity index (χ4n) is 3.56. The van der Waals surface area contributed by atoms with Crippen LogP contribution in [0.5, 0.6) is 0 Å². The van der Waals surface area contributed by atoms with E-state index in [0.29, 0.717) is 5.92 Å². The number of amides is 1. The SMILES string of the molecule is CC(C)Cn1c(SCC(=O)NC2(C#N)CCCCC2)nc2ccccc21. The maximum atomic E-state index is 12.5. The molecule has 6 heteroatoms. The monoisotopic (exact) mass is 370 g/mol. The summed E-state index contributed by atoms with van der Waals surface area (Å²) in [4.78, 5) is 17.2. The van der Waals surface area contributed by atoms with Gasteiger partial charge in [-0.15, -0.1) is 0 Å². The number of nitriles is 1. The molecule has 0 saturated heterocycles. The van der Waals surface area contributed by atoms with Crippen LogP contribution < -0.4 is 5.32 Å². The summed E-state index contributed by atoms with van der Waals surface area (Å²) < 4.78 is 2.19. The summed E-state index contributed by atoms with van der Waals surface area (Å²) >= 11 is 1.45. The summed E-state index contributed by atoms with van der Waals surface area (Å²) in [6, 6.07) is 10.4. The first-order chi connectivity index (χ1) is 12.5. The van der Waals surface area contributed by atoms with Crippen molar-refractivity contribution in [3.05, 3.63) is 24.3 Å². The van der Waals surface area contributed by atoms with Crippen LogP contribution in [-0.4, -0.2) is 26.8 Å². The van der Waals surface area contributed by atoms with Crippen molar-refractivity contribution >= 4 is 28.7 Å². The molecule has 1 aromatic carbocycles. The Bertz CT molecular complexity index is 815. The van der Waals surface area contributed by atoms with Gasteiger partial charge in [-0.05, 0) is 30.9 Å². The average molecular weight is 371 g/mol. The van der Waals surface area contributed by atoms with Crippen LogP contribution in [0.3, 0.4) is 0 Å². The summed E-state index contributed by atoms with van der Waals surface area (Å²) in [7, 11) is 0. The Kier molecular flexibility index (Phi) is 5.87. The fourth-order valence-corrected chi connectivity index (χ4v) is 4.38. The van der Waals surface area contributed by atoms with E-state index in [2.05, 4.69) is 35.9 Å². The van der Waals surface area contributed by atoms with Gasteiger partial charge in [-0.2, -0.15) is 5.26 Å². The summed E-state index contributed by atoms with van der Waals surface area (Å²) in [5.41, 5.74) is 1.38. The maximum Gasteiger partial charge on any atom is 0.231 e. The van der Waals surface area contributed by atoms with Crippen molar-refractivity contribution in [2.45, 2.75) is 63.2 Å². The smallest absolute Gasteiger partial charge is 0.231 e. The van der Waals surface area contributed by atoms with E-state index in [1.807, 2.05) is 18.2 Å². The zero-order valence-electron chi connectivity index (χ0n) is 15.5. The zero-order valence-corrected chi connectivity index (χ0v) is 16.3. The molecule has 0 bridgehead atoms. The van der Waals surface area contributed by atoms with Crippen molar-refractivity contribution in [3.8, 4) is 6.07 Å². The molecule has 1 N–H and O–H groups in total. The standard InChI is InChI=1S/C20H26N4OS/c1-15(2)12-24-17-9-5-4-8-16(17)22-19(24)26-13-18(25)23-20(14-21)10-6-3-7-11-20/h4-5,8-9,15H,3,6-7,10-13H2,1-2H3,(H,23,25). The van der Waals surface area contributed by atoms with Crippen molar-refractivity contribution in [1.82, 2.24) is 14.9 Å². The van der Waals surface area contributed by atoms with E-state index < -0.39 is 5.54 Å². The number of hydrogen-bond acceptors (Lipinski definition) is 4. The van der Waals surface area contributed by atoms with Crippen LogP contribution in [0, 0.1) is 17.2 Å². The van der Waals surface area contributed by atoms with Gasteiger partial charge in [0.05, 0.1) is 22.9 Å². The molecule has 0 atom stereocenters. The number of carbonyl (C=O) groups excluding carboxylic acids is 1. The molecule has 0 unspecified atom stereocenters. The third-order valence-electron chi connectivity index (χ3n) is 4.80. The molecule has 0 aliphatic heterocycles.